The first-order valence-corrected chi connectivity index (χ1v) is 5.58. The molecule has 2 aromatic rings. The highest BCUT2D eigenvalue weighted by Gasteiger charge is 2.16. The number of hydrogen-bond donors (Lipinski definition) is 0. The van der Waals surface area contributed by atoms with Gasteiger partial charge < -0.3 is 4.42 Å². The van der Waals surface area contributed by atoms with Crippen LogP contribution in [0.1, 0.15) is 24.4 Å². The third-order valence-electron chi connectivity index (χ3n) is 2.58. The van der Waals surface area contributed by atoms with Crippen LogP contribution in [0.15, 0.2) is 34.7 Å². The van der Waals surface area contributed by atoms with Crippen LogP contribution in [0.25, 0.3) is 11.3 Å². The Morgan fingerprint density at radius 3 is 2.44 bits per heavy atom. The van der Waals surface area contributed by atoms with Crippen molar-refractivity contribution >= 4 is 5.78 Å². The van der Waals surface area contributed by atoms with Crippen molar-refractivity contribution < 1.29 is 18.0 Å². The SMILES string of the molecule is CC(C)C(=O)c1ccc(-c2ccc(F)c(F)c2)o1. The van der Waals surface area contributed by atoms with Crippen molar-refractivity contribution in [1.82, 2.24) is 0 Å². The zero-order valence-electron chi connectivity index (χ0n) is 10.0. The molecule has 1 aromatic carbocycles. The second kappa shape index (κ2) is 4.72. The molecule has 1 heterocycles. The van der Waals surface area contributed by atoms with Crippen molar-refractivity contribution in [3.63, 3.8) is 0 Å². The Morgan fingerprint density at radius 1 is 1.11 bits per heavy atom. The number of halogens is 2. The van der Waals surface area contributed by atoms with E-state index < -0.39 is 11.6 Å². The lowest BCUT2D eigenvalue weighted by molar-refractivity contribution is 0.0912. The molecule has 0 radical (unpaired) electrons. The van der Waals surface area contributed by atoms with Gasteiger partial charge in [-0.15, -0.1) is 0 Å². The Morgan fingerprint density at radius 2 is 1.83 bits per heavy atom. The summed E-state index contributed by atoms with van der Waals surface area (Å²) in [6.07, 6.45) is 0. The van der Waals surface area contributed by atoms with E-state index in [2.05, 4.69) is 0 Å². The molecule has 0 atom stereocenters. The average Bonchev–Trinajstić information content (AvgIpc) is 2.81. The number of rotatable bonds is 3. The quantitative estimate of drug-likeness (QED) is 0.769. The van der Waals surface area contributed by atoms with Gasteiger partial charge in [0.25, 0.3) is 0 Å². The van der Waals surface area contributed by atoms with Crippen LogP contribution in [-0.2, 0) is 0 Å². The average molecular weight is 250 g/mol. The van der Waals surface area contributed by atoms with E-state index in [1.54, 1.807) is 26.0 Å². The first kappa shape index (κ1) is 12.5. The zero-order valence-corrected chi connectivity index (χ0v) is 10.0. The molecule has 0 unspecified atom stereocenters. The molecular formula is C14H12F2O2. The summed E-state index contributed by atoms with van der Waals surface area (Å²) in [5, 5.41) is 0. The summed E-state index contributed by atoms with van der Waals surface area (Å²) in [4.78, 5) is 11.7. The Labute approximate surface area is 103 Å². The Kier molecular flexibility index (Phi) is 3.28. The summed E-state index contributed by atoms with van der Waals surface area (Å²) in [7, 11) is 0. The second-order valence-electron chi connectivity index (χ2n) is 4.31. The molecule has 0 spiro atoms. The molecule has 0 amide bonds. The normalized spacial score (nSPS) is 10.9. The van der Waals surface area contributed by atoms with Gasteiger partial charge in [-0.3, -0.25) is 4.79 Å². The fourth-order valence-corrected chi connectivity index (χ4v) is 1.56. The molecule has 0 aliphatic rings. The largest absolute Gasteiger partial charge is 0.453 e. The van der Waals surface area contributed by atoms with E-state index in [1.807, 2.05) is 0 Å². The van der Waals surface area contributed by atoms with Gasteiger partial charge in [-0.1, -0.05) is 13.8 Å². The van der Waals surface area contributed by atoms with E-state index in [0.717, 1.165) is 12.1 Å². The summed E-state index contributed by atoms with van der Waals surface area (Å²) >= 11 is 0. The summed E-state index contributed by atoms with van der Waals surface area (Å²) < 4.78 is 31.2. The summed E-state index contributed by atoms with van der Waals surface area (Å²) in [5.74, 6) is -1.58. The maximum absolute atomic E-state index is 13.1. The molecule has 0 fully saturated rings. The monoisotopic (exact) mass is 250 g/mol. The van der Waals surface area contributed by atoms with Crippen LogP contribution < -0.4 is 0 Å². The fraction of sp³-hybridized carbons (Fsp3) is 0.214. The van der Waals surface area contributed by atoms with Gasteiger partial charge in [0, 0.05) is 11.5 Å². The van der Waals surface area contributed by atoms with Crippen LogP contribution in [-0.4, -0.2) is 5.78 Å². The number of hydrogen-bond acceptors (Lipinski definition) is 2. The third kappa shape index (κ3) is 2.32. The number of carbonyl (C=O) groups excluding carboxylic acids is 1. The highest BCUT2D eigenvalue weighted by molar-refractivity contribution is 5.95. The summed E-state index contributed by atoms with van der Waals surface area (Å²) in [6.45, 7) is 3.53. The Bertz CT molecular complexity index is 585. The molecule has 0 aliphatic heterocycles. The maximum atomic E-state index is 13.1. The summed E-state index contributed by atoms with van der Waals surface area (Å²) in [6, 6.07) is 6.58. The zero-order chi connectivity index (χ0) is 13.3. The first-order valence-electron chi connectivity index (χ1n) is 5.58. The minimum absolute atomic E-state index is 0.121. The molecule has 18 heavy (non-hydrogen) atoms. The van der Waals surface area contributed by atoms with Crippen molar-refractivity contribution in [3.8, 4) is 11.3 Å². The van der Waals surface area contributed by atoms with Crippen molar-refractivity contribution in [2.24, 2.45) is 5.92 Å². The standard InChI is InChI=1S/C14H12F2O2/c1-8(2)14(17)13-6-5-12(18-13)9-3-4-10(15)11(16)7-9/h3-8H,1-2H3. The van der Waals surface area contributed by atoms with E-state index in [9.17, 15) is 13.6 Å². The lowest BCUT2D eigenvalue weighted by Gasteiger charge is -2.00. The highest BCUT2D eigenvalue weighted by Crippen LogP contribution is 2.25. The molecule has 2 nitrogen and oxygen atoms in total. The molecule has 1 aromatic heterocycles. The Hall–Kier alpha value is -1.97. The summed E-state index contributed by atoms with van der Waals surface area (Å²) in [5.41, 5.74) is 0.400. The first-order chi connectivity index (χ1) is 8.49. The van der Waals surface area contributed by atoms with E-state index in [-0.39, 0.29) is 17.5 Å². The predicted octanol–water partition coefficient (Wildman–Crippen LogP) is 4.06. The topological polar surface area (TPSA) is 30.2 Å². The number of furan rings is 1. The van der Waals surface area contributed by atoms with E-state index in [0.29, 0.717) is 11.3 Å². The van der Waals surface area contributed by atoms with E-state index in [1.165, 1.54) is 6.07 Å². The van der Waals surface area contributed by atoms with Gasteiger partial charge in [-0.2, -0.15) is 0 Å². The van der Waals surface area contributed by atoms with Crippen LogP contribution in [0.4, 0.5) is 8.78 Å². The van der Waals surface area contributed by atoms with Gasteiger partial charge >= 0.3 is 0 Å². The van der Waals surface area contributed by atoms with Gasteiger partial charge in [-0.25, -0.2) is 8.78 Å². The molecular weight excluding hydrogens is 238 g/mol. The van der Waals surface area contributed by atoms with Gasteiger partial charge in [-0.05, 0) is 30.3 Å². The molecule has 0 aliphatic carbocycles. The minimum Gasteiger partial charge on any atom is -0.453 e. The van der Waals surface area contributed by atoms with Crippen LogP contribution in [0, 0.1) is 17.6 Å². The maximum Gasteiger partial charge on any atom is 0.200 e. The van der Waals surface area contributed by atoms with E-state index in [4.69, 9.17) is 4.42 Å². The Balaban J connectivity index is 2.35. The molecule has 0 saturated carbocycles. The molecule has 0 N–H and O–H groups in total. The van der Waals surface area contributed by atoms with Crippen LogP contribution >= 0.6 is 0 Å². The predicted molar refractivity (Wildman–Crippen MR) is 63.2 cm³/mol. The lowest BCUT2D eigenvalue weighted by atomic mass is 10.1. The number of ketones is 1. The molecule has 0 bridgehead atoms. The van der Waals surface area contributed by atoms with Crippen molar-refractivity contribution in [3.05, 3.63) is 47.7 Å². The van der Waals surface area contributed by atoms with Crippen molar-refractivity contribution in [1.29, 1.82) is 0 Å². The third-order valence-corrected chi connectivity index (χ3v) is 2.58. The molecule has 4 heteroatoms. The van der Waals surface area contributed by atoms with Gasteiger partial charge in [0.2, 0.25) is 5.78 Å². The van der Waals surface area contributed by atoms with Gasteiger partial charge in [0.1, 0.15) is 5.76 Å². The second-order valence-corrected chi connectivity index (χ2v) is 4.31. The molecule has 2 rings (SSSR count). The van der Waals surface area contributed by atoms with Crippen molar-refractivity contribution in [2.75, 3.05) is 0 Å². The smallest absolute Gasteiger partial charge is 0.200 e. The highest BCUT2D eigenvalue weighted by atomic mass is 19.2. The lowest BCUT2D eigenvalue weighted by Crippen LogP contribution is -2.05. The van der Waals surface area contributed by atoms with Gasteiger partial charge in [0.15, 0.2) is 17.4 Å². The molecule has 0 saturated heterocycles. The number of carbonyl (C=O) groups is 1. The minimum atomic E-state index is -0.944. The molecule has 94 valence electrons. The van der Waals surface area contributed by atoms with Crippen LogP contribution in [0.5, 0.6) is 0 Å². The van der Waals surface area contributed by atoms with Crippen LogP contribution in [0.2, 0.25) is 0 Å². The number of Topliss-reactive ketones (excluding diaryl/α,β-unsaturated/α-hetero) is 1. The van der Waals surface area contributed by atoms with Gasteiger partial charge in [0.05, 0.1) is 0 Å². The fourth-order valence-electron chi connectivity index (χ4n) is 1.56. The van der Waals surface area contributed by atoms with E-state index >= 15 is 0 Å². The number of benzene rings is 1. The van der Waals surface area contributed by atoms with Crippen LogP contribution in [0.3, 0.4) is 0 Å². The van der Waals surface area contributed by atoms with Crippen molar-refractivity contribution in [2.45, 2.75) is 13.8 Å².